The van der Waals surface area contributed by atoms with E-state index in [9.17, 15) is 9.90 Å². The molecule has 1 aliphatic carbocycles. The molecule has 21 heavy (non-hydrogen) atoms. The van der Waals surface area contributed by atoms with Gasteiger partial charge in [0.15, 0.2) is 0 Å². The van der Waals surface area contributed by atoms with Crippen molar-refractivity contribution in [3.8, 4) is 0 Å². The third kappa shape index (κ3) is 3.28. The molecule has 2 atom stereocenters. The highest BCUT2D eigenvalue weighted by molar-refractivity contribution is 5.79. The van der Waals surface area contributed by atoms with E-state index in [4.69, 9.17) is 4.52 Å². The van der Waals surface area contributed by atoms with Gasteiger partial charge in [0.2, 0.25) is 5.91 Å². The number of hydrogen-bond acceptors (Lipinski definition) is 4. The number of hydrogen-bond donors (Lipinski definition) is 1. The summed E-state index contributed by atoms with van der Waals surface area (Å²) in [7, 11) is 0. The van der Waals surface area contributed by atoms with E-state index in [0.29, 0.717) is 19.5 Å². The van der Waals surface area contributed by atoms with E-state index in [1.807, 2.05) is 17.9 Å². The molecule has 0 bridgehead atoms. The van der Waals surface area contributed by atoms with Gasteiger partial charge in [0, 0.05) is 37.4 Å². The molecule has 116 valence electrons. The van der Waals surface area contributed by atoms with Crippen molar-refractivity contribution < 1.29 is 14.4 Å². The lowest BCUT2D eigenvalue weighted by Crippen LogP contribution is -2.36. The molecule has 0 spiro atoms. The van der Waals surface area contributed by atoms with E-state index in [1.165, 1.54) is 6.42 Å². The largest absolute Gasteiger partial charge is 0.391 e. The standard InChI is InChI=1S/C16H24N2O3/c1-11-7-14(21-17-11)8-13-9-18(10-15(13)19)16(20)12-5-3-2-4-6-12/h7,12-13,15,19H,2-6,8-10H2,1H3/t13-,15-/m1/s1. The van der Waals surface area contributed by atoms with Crippen molar-refractivity contribution in [1.29, 1.82) is 0 Å². The molecule has 0 aromatic carbocycles. The van der Waals surface area contributed by atoms with E-state index < -0.39 is 6.10 Å². The molecule has 5 nitrogen and oxygen atoms in total. The van der Waals surface area contributed by atoms with E-state index in [-0.39, 0.29) is 17.7 Å². The molecular formula is C16H24N2O3. The molecule has 1 N–H and O–H groups in total. The maximum absolute atomic E-state index is 12.5. The molecule has 1 aliphatic heterocycles. The van der Waals surface area contributed by atoms with Crippen molar-refractivity contribution in [2.45, 2.75) is 51.6 Å². The summed E-state index contributed by atoms with van der Waals surface area (Å²) in [4.78, 5) is 14.4. The minimum Gasteiger partial charge on any atom is -0.391 e. The quantitative estimate of drug-likeness (QED) is 0.924. The molecule has 5 heteroatoms. The normalized spacial score (nSPS) is 27.2. The fraction of sp³-hybridized carbons (Fsp3) is 0.750. The van der Waals surface area contributed by atoms with Crippen LogP contribution in [0.5, 0.6) is 0 Å². The maximum Gasteiger partial charge on any atom is 0.225 e. The Hall–Kier alpha value is -1.36. The second-order valence-corrected chi connectivity index (χ2v) is 6.54. The topological polar surface area (TPSA) is 66.6 Å². The highest BCUT2D eigenvalue weighted by Gasteiger charge is 2.37. The van der Waals surface area contributed by atoms with Crippen LogP contribution in [0.1, 0.15) is 43.6 Å². The molecule has 2 heterocycles. The number of β-amino-alcohol motifs (C(OH)–C–C–N with tert-alkyl or cyclic N) is 1. The van der Waals surface area contributed by atoms with Gasteiger partial charge in [0.1, 0.15) is 5.76 Å². The van der Waals surface area contributed by atoms with Crippen LogP contribution in [0.3, 0.4) is 0 Å². The molecule has 1 saturated heterocycles. The summed E-state index contributed by atoms with van der Waals surface area (Å²) in [6.45, 7) is 2.99. The second kappa shape index (κ2) is 6.18. The summed E-state index contributed by atoms with van der Waals surface area (Å²) in [5.74, 6) is 1.27. The summed E-state index contributed by atoms with van der Waals surface area (Å²) in [5.41, 5.74) is 0.854. The van der Waals surface area contributed by atoms with Gasteiger partial charge in [0.05, 0.1) is 11.8 Å². The van der Waals surface area contributed by atoms with Gasteiger partial charge in [-0.2, -0.15) is 0 Å². The fourth-order valence-corrected chi connectivity index (χ4v) is 3.61. The molecule has 1 saturated carbocycles. The maximum atomic E-state index is 12.5. The van der Waals surface area contributed by atoms with Crippen molar-refractivity contribution >= 4 is 5.91 Å². The number of amides is 1. The number of aliphatic hydroxyl groups excluding tert-OH is 1. The van der Waals surface area contributed by atoms with E-state index in [0.717, 1.165) is 37.1 Å². The van der Waals surface area contributed by atoms with Crippen molar-refractivity contribution in [2.24, 2.45) is 11.8 Å². The molecule has 1 aromatic heterocycles. The first-order chi connectivity index (χ1) is 10.1. The average Bonchev–Trinajstić information content (AvgIpc) is 3.06. The Labute approximate surface area is 125 Å². The molecule has 1 amide bonds. The highest BCUT2D eigenvalue weighted by atomic mass is 16.5. The van der Waals surface area contributed by atoms with Crippen LogP contribution in [-0.2, 0) is 11.2 Å². The van der Waals surface area contributed by atoms with E-state index >= 15 is 0 Å². The van der Waals surface area contributed by atoms with Crippen LogP contribution >= 0.6 is 0 Å². The first-order valence-electron chi connectivity index (χ1n) is 8.02. The number of rotatable bonds is 3. The van der Waals surface area contributed by atoms with Crippen LogP contribution in [0, 0.1) is 18.8 Å². The molecule has 2 fully saturated rings. The van der Waals surface area contributed by atoms with Crippen LogP contribution in [0.15, 0.2) is 10.6 Å². The Morgan fingerprint density at radius 1 is 1.38 bits per heavy atom. The van der Waals surface area contributed by atoms with Crippen LogP contribution in [0.4, 0.5) is 0 Å². The number of likely N-dealkylation sites (tertiary alicyclic amines) is 1. The summed E-state index contributed by atoms with van der Waals surface area (Å²) >= 11 is 0. The zero-order valence-electron chi connectivity index (χ0n) is 12.6. The minimum atomic E-state index is -0.456. The van der Waals surface area contributed by atoms with Crippen LogP contribution in [0.25, 0.3) is 0 Å². The van der Waals surface area contributed by atoms with Crippen molar-refractivity contribution in [1.82, 2.24) is 10.1 Å². The van der Waals surface area contributed by atoms with Gasteiger partial charge in [-0.05, 0) is 19.8 Å². The fourth-order valence-electron chi connectivity index (χ4n) is 3.61. The summed E-state index contributed by atoms with van der Waals surface area (Å²) in [6, 6.07) is 1.90. The van der Waals surface area contributed by atoms with Gasteiger partial charge in [-0.1, -0.05) is 24.4 Å². The number of aromatic nitrogens is 1. The second-order valence-electron chi connectivity index (χ2n) is 6.54. The minimum absolute atomic E-state index is 0.0601. The highest BCUT2D eigenvalue weighted by Crippen LogP contribution is 2.29. The lowest BCUT2D eigenvalue weighted by molar-refractivity contribution is -0.135. The van der Waals surface area contributed by atoms with Crippen molar-refractivity contribution in [3.63, 3.8) is 0 Å². The first-order valence-corrected chi connectivity index (χ1v) is 8.02. The first kappa shape index (κ1) is 14.6. The predicted octanol–water partition coefficient (Wildman–Crippen LogP) is 1.93. The smallest absolute Gasteiger partial charge is 0.225 e. The lowest BCUT2D eigenvalue weighted by atomic mass is 9.88. The predicted molar refractivity (Wildman–Crippen MR) is 77.6 cm³/mol. The van der Waals surface area contributed by atoms with E-state index in [2.05, 4.69) is 5.16 Å². The zero-order chi connectivity index (χ0) is 14.8. The number of aryl methyl sites for hydroxylation is 1. The third-order valence-electron chi connectivity index (χ3n) is 4.81. The molecular weight excluding hydrogens is 268 g/mol. The Balaban J connectivity index is 1.58. The summed E-state index contributed by atoms with van der Waals surface area (Å²) < 4.78 is 5.22. The number of carbonyl (C=O) groups is 1. The SMILES string of the molecule is Cc1cc(C[C@@H]2CN(C(=O)C3CCCCC3)C[C@H]2O)on1. The van der Waals surface area contributed by atoms with Gasteiger partial charge in [0.25, 0.3) is 0 Å². The van der Waals surface area contributed by atoms with Crippen molar-refractivity contribution in [2.75, 3.05) is 13.1 Å². The average molecular weight is 292 g/mol. The number of aliphatic hydroxyl groups is 1. The monoisotopic (exact) mass is 292 g/mol. The third-order valence-corrected chi connectivity index (χ3v) is 4.81. The Morgan fingerprint density at radius 2 is 2.14 bits per heavy atom. The molecule has 0 radical (unpaired) electrons. The van der Waals surface area contributed by atoms with Crippen LogP contribution in [-0.4, -0.2) is 40.3 Å². The van der Waals surface area contributed by atoms with Gasteiger partial charge in [-0.3, -0.25) is 4.79 Å². The molecule has 1 aromatic rings. The lowest BCUT2D eigenvalue weighted by Gasteiger charge is -2.26. The molecule has 0 unspecified atom stereocenters. The Morgan fingerprint density at radius 3 is 2.81 bits per heavy atom. The van der Waals surface area contributed by atoms with Gasteiger partial charge >= 0.3 is 0 Å². The summed E-state index contributed by atoms with van der Waals surface area (Å²) in [6.07, 6.45) is 5.79. The number of carbonyl (C=O) groups excluding carboxylic acids is 1. The van der Waals surface area contributed by atoms with Crippen molar-refractivity contribution in [3.05, 3.63) is 17.5 Å². The van der Waals surface area contributed by atoms with Gasteiger partial charge in [-0.15, -0.1) is 0 Å². The zero-order valence-corrected chi connectivity index (χ0v) is 12.6. The van der Waals surface area contributed by atoms with E-state index in [1.54, 1.807) is 0 Å². The van der Waals surface area contributed by atoms with Gasteiger partial charge < -0.3 is 14.5 Å². The molecule has 3 rings (SSSR count). The summed E-state index contributed by atoms with van der Waals surface area (Å²) in [5, 5.41) is 14.1. The molecule has 2 aliphatic rings. The van der Waals surface area contributed by atoms with Crippen LogP contribution < -0.4 is 0 Å². The number of nitrogens with zero attached hydrogens (tertiary/aromatic N) is 2. The Kier molecular flexibility index (Phi) is 4.29. The van der Waals surface area contributed by atoms with Gasteiger partial charge in [-0.25, -0.2) is 0 Å². The van der Waals surface area contributed by atoms with Crippen LogP contribution in [0.2, 0.25) is 0 Å². The Bertz CT molecular complexity index is 493.